The largest absolute Gasteiger partial charge is 0.494 e. The van der Waals surface area contributed by atoms with Crippen molar-refractivity contribution >= 4 is 34.2 Å². The lowest BCUT2D eigenvalue weighted by Gasteiger charge is -2.10. The minimum atomic E-state index is -0.584. The number of H-pyrrole nitrogens is 1. The average molecular weight is 383 g/mol. The van der Waals surface area contributed by atoms with Crippen molar-refractivity contribution in [3.8, 4) is 5.75 Å². The first-order chi connectivity index (χ1) is 13.5. The van der Waals surface area contributed by atoms with Gasteiger partial charge in [0.25, 0.3) is 11.6 Å². The molecule has 0 saturated heterocycles. The van der Waals surface area contributed by atoms with E-state index in [9.17, 15) is 19.7 Å². The van der Waals surface area contributed by atoms with Crippen molar-refractivity contribution in [2.24, 2.45) is 0 Å². The van der Waals surface area contributed by atoms with Gasteiger partial charge in [-0.3, -0.25) is 19.7 Å². The number of nitrogens with one attached hydrogen (secondary N) is 2. The van der Waals surface area contributed by atoms with Gasteiger partial charge >= 0.3 is 5.97 Å². The van der Waals surface area contributed by atoms with E-state index in [1.54, 1.807) is 6.20 Å². The number of hydrogen-bond acceptors (Lipinski definition) is 6. The molecule has 28 heavy (non-hydrogen) atoms. The van der Waals surface area contributed by atoms with Gasteiger partial charge in [-0.25, -0.2) is 0 Å². The smallest absolute Gasteiger partial charge is 0.310 e. The third-order valence-electron chi connectivity index (χ3n) is 4.04. The number of hydrogen-bond donors (Lipinski definition) is 2. The normalized spacial score (nSPS) is 10.5. The fraction of sp³-hybridized carbons (Fsp3) is 0.158. The van der Waals surface area contributed by atoms with Gasteiger partial charge < -0.3 is 19.8 Å². The van der Waals surface area contributed by atoms with E-state index in [1.165, 1.54) is 25.3 Å². The summed E-state index contributed by atoms with van der Waals surface area (Å²) in [6.07, 6.45) is 1.76. The Hall–Kier alpha value is -3.88. The van der Waals surface area contributed by atoms with Gasteiger partial charge in [0, 0.05) is 23.2 Å². The molecule has 0 radical (unpaired) electrons. The molecule has 144 valence electrons. The summed E-state index contributed by atoms with van der Waals surface area (Å²) in [7, 11) is 1.33. The van der Waals surface area contributed by atoms with E-state index in [0.717, 1.165) is 16.5 Å². The zero-order valence-corrected chi connectivity index (χ0v) is 14.9. The van der Waals surface area contributed by atoms with Crippen LogP contribution < -0.4 is 10.1 Å². The summed E-state index contributed by atoms with van der Waals surface area (Å²) in [6, 6.07) is 11.3. The molecule has 0 aliphatic heterocycles. The second kappa shape index (κ2) is 8.21. The SMILES string of the molecule is COc1cc([N+](=O)[O-])ccc1NC(=O)COC(=O)Cc1c[nH]c2ccccc12. The lowest BCUT2D eigenvalue weighted by Crippen LogP contribution is -2.21. The van der Waals surface area contributed by atoms with Crippen LogP contribution in [0.3, 0.4) is 0 Å². The first kappa shape index (κ1) is 18.9. The highest BCUT2D eigenvalue weighted by Crippen LogP contribution is 2.28. The van der Waals surface area contributed by atoms with E-state index in [1.807, 2.05) is 24.3 Å². The molecule has 0 unspecified atom stereocenters. The van der Waals surface area contributed by atoms with Crippen LogP contribution in [0.4, 0.5) is 11.4 Å². The van der Waals surface area contributed by atoms with Crippen molar-refractivity contribution in [3.05, 3.63) is 64.3 Å². The highest BCUT2D eigenvalue weighted by Gasteiger charge is 2.15. The summed E-state index contributed by atoms with van der Waals surface area (Å²) in [5.74, 6) is -0.998. The second-order valence-corrected chi connectivity index (χ2v) is 5.89. The minimum Gasteiger partial charge on any atom is -0.494 e. The fourth-order valence-corrected chi connectivity index (χ4v) is 2.71. The van der Waals surface area contributed by atoms with Crippen LogP contribution in [0.1, 0.15) is 5.56 Å². The lowest BCUT2D eigenvalue weighted by molar-refractivity contribution is -0.384. The number of carbonyl (C=O) groups is 2. The predicted molar refractivity (Wildman–Crippen MR) is 101 cm³/mol. The molecule has 9 heteroatoms. The first-order valence-electron chi connectivity index (χ1n) is 8.31. The molecule has 3 rings (SSSR count). The van der Waals surface area contributed by atoms with Gasteiger partial charge in [-0.05, 0) is 17.7 Å². The number of aromatic amines is 1. The third kappa shape index (κ3) is 4.26. The number of rotatable bonds is 7. The number of esters is 1. The van der Waals surface area contributed by atoms with Gasteiger partial charge in [0.15, 0.2) is 6.61 Å². The van der Waals surface area contributed by atoms with E-state index in [2.05, 4.69) is 10.3 Å². The summed E-state index contributed by atoms with van der Waals surface area (Å²) < 4.78 is 10.1. The van der Waals surface area contributed by atoms with Gasteiger partial charge in [-0.15, -0.1) is 0 Å². The molecule has 0 spiro atoms. The molecule has 1 amide bonds. The molecule has 1 aromatic heterocycles. The molecule has 0 fully saturated rings. The van der Waals surface area contributed by atoms with Crippen LogP contribution in [0, 0.1) is 10.1 Å². The van der Waals surface area contributed by atoms with Gasteiger partial charge in [-0.1, -0.05) is 18.2 Å². The number of non-ortho nitro benzene ring substituents is 1. The Balaban J connectivity index is 1.57. The molecule has 2 N–H and O–H groups in total. The highest BCUT2D eigenvalue weighted by molar-refractivity contribution is 5.95. The number of nitro benzene ring substituents is 1. The molecular weight excluding hydrogens is 366 g/mol. The Morgan fingerprint density at radius 3 is 2.75 bits per heavy atom. The molecule has 1 heterocycles. The number of fused-ring (bicyclic) bond motifs is 1. The van der Waals surface area contributed by atoms with E-state index in [0.29, 0.717) is 0 Å². The van der Waals surface area contributed by atoms with Crippen LogP contribution in [0.25, 0.3) is 10.9 Å². The van der Waals surface area contributed by atoms with E-state index in [-0.39, 0.29) is 23.5 Å². The van der Waals surface area contributed by atoms with Crippen molar-refractivity contribution < 1.29 is 24.0 Å². The van der Waals surface area contributed by atoms with Crippen LogP contribution >= 0.6 is 0 Å². The molecule has 0 aliphatic rings. The quantitative estimate of drug-likeness (QED) is 0.367. The Labute approximate surface area is 159 Å². The number of amides is 1. The van der Waals surface area contributed by atoms with Gasteiger partial charge in [-0.2, -0.15) is 0 Å². The summed E-state index contributed by atoms with van der Waals surface area (Å²) >= 11 is 0. The zero-order valence-electron chi connectivity index (χ0n) is 14.9. The molecule has 0 atom stereocenters. The first-order valence-corrected chi connectivity index (χ1v) is 8.31. The highest BCUT2D eigenvalue weighted by atomic mass is 16.6. The third-order valence-corrected chi connectivity index (χ3v) is 4.04. The molecule has 0 saturated carbocycles. The van der Waals surface area contributed by atoms with Crippen molar-refractivity contribution in [1.29, 1.82) is 0 Å². The van der Waals surface area contributed by atoms with Crippen LogP contribution in [0.2, 0.25) is 0 Å². The van der Waals surface area contributed by atoms with E-state index in [4.69, 9.17) is 9.47 Å². The average Bonchev–Trinajstić information content (AvgIpc) is 3.09. The minimum absolute atomic E-state index is 0.0259. The number of anilines is 1. The Kier molecular flexibility index (Phi) is 5.54. The van der Waals surface area contributed by atoms with Gasteiger partial charge in [0.2, 0.25) is 0 Å². The number of nitrogens with zero attached hydrogens (tertiary/aromatic N) is 1. The molecule has 2 aromatic carbocycles. The van der Waals surface area contributed by atoms with E-state index < -0.39 is 23.4 Å². The van der Waals surface area contributed by atoms with Crippen LogP contribution in [0.15, 0.2) is 48.7 Å². The molecule has 3 aromatic rings. The van der Waals surface area contributed by atoms with Crippen molar-refractivity contribution in [2.45, 2.75) is 6.42 Å². The predicted octanol–water partition coefficient (Wildman–Crippen LogP) is 2.81. The Morgan fingerprint density at radius 2 is 2.00 bits per heavy atom. The maximum atomic E-state index is 12.0. The Bertz CT molecular complexity index is 1040. The standard InChI is InChI=1S/C19H17N3O6/c1-27-17-9-13(22(25)26)6-7-16(17)21-18(23)11-28-19(24)8-12-10-20-15-5-3-2-4-14(12)15/h2-7,9-10,20H,8,11H2,1H3,(H,21,23). The molecular formula is C19H17N3O6. The summed E-state index contributed by atoms with van der Waals surface area (Å²) in [4.78, 5) is 37.4. The topological polar surface area (TPSA) is 124 Å². The number of para-hydroxylation sites is 1. The summed E-state index contributed by atoms with van der Waals surface area (Å²) in [5, 5.41) is 14.2. The number of aromatic nitrogens is 1. The second-order valence-electron chi connectivity index (χ2n) is 5.89. The molecule has 0 aliphatic carbocycles. The monoisotopic (exact) mass is 383 g/mol. The van der Waals surface area contributed by atoms with Gasteiger partial charge in [0.1, 0.15) is 5.75 Å². The number of methoxy groups -OCH3 is 1. The Morgan fingerprint density at radius 1 is 1.21 bits per heavy atom. The maximum Gasteiger partial charge on any atom is 0.310 e. The summed E-state index contributed by atoms with van der Waals surface area (Å²) in [5.41, 5.74) is 1.76. The fourth-order valence-electron chi connectivity index (χ4n) is 2.71. The summed E-state index contributed by atoms with van der Waals surface area (Å²) in [6.45, 7) is -0.485. The maximum absolute atomic E-state index is 12.0. The number of carbonyl (C=O) groups excluding carboxylic acids is 2. The van der Waals surface area contributed by atoms with Crippen LogP contribution in [-0.4, -0.2) is 35.5 Å². The zero-order chi connectivity index (χ0) is 20.1. The number of nitro groups is 1. The van der Waals surface area contributed by atoms with Crippen LogP contribution in [0.5, 0.6) is 5.75 Å². The van der Waals surface area contributed by atoms with Gasteiger partial charge in [0.05, 0.1) is 30.2 Å². The van der Waals surface area contributed by atoms with Crippen LogP contribution in [-0.2, 0) is 20.7 Å². The van der Waals surface area contributed by atoms with Crippen molar-refractivity contribution in [1.82, 2.24) is 4.98 Å². The number of ether oxygens (including phenoxy) is 2. The number of benzene rings is 2. The molecule has 0 bridgehead atoms. The van der Waals surface area contributed by atoms with Crippen molar-refractivity contribution in [2.75, 3.05) is 19.0 Å². The van der Waals surface area contributed by atoms with Crippen molar-refractivity contribution in [3.63, 3.8) is 0 Å². The van der Waals surface area contributed by atoms with E-state index >= 15 is 0 Å². The molecule has 9 nitrogen and oxygen atoms in total. The lowest BCUT2D eigenvalue weighted by atomic mass is 10.1.